The maximum atomic E-state index is 12.8. The molecule has 1 saturated carbocycles. The van der Waals surface area contributed by atoms with Crippen LogP contribution in [0.5, 0.6) is 0 Å². The standard InChI is InChI=1S/C12H12F3N/c13-12(14,15)9-3-1-2-7-8-4-6(11(7)9)5-10(8)16/h1-3,6,8,10H,4-5,16H2/t6-,8-,10+/m0/s1. The van der Waals surface area contributed by atoms with E-state index in [1.165, 1.54) is 12.1 Å². The van der Waals surface area contributed by atoms with Crippen molar-refractivity contribution in [3.63, 3.8) is 0 Å². The molecule has 0 aromatic heterocycles. The summed E-state index contributed by atoms with van der Waals surface area (Å²) in [6.45, 7) is 0. The fourth-order valence-electron chi connectivity index (χ4n) is 3.27. The molecular weight excluding hydrogens is 215 g/mol. The molecule has 2 aliphatic carbocycles. The third kappa shape index (κ3) is 1.22. The molecule has 4 heteroatoms. The Hall–Kier alpha value is -1.03. The zero-order chi connectivity index (χ0) is 11.5. The lowest BCUT2D eigenvalue weighted by Crippen LogP contribution is -2.26. The van der Waals surface area contributed by atoms with E-state index in [4.69, 9.17) is 5.73 Å². The number of benzene rings is 1. The summed E-state index contributed by atoms with van der Waals surface area (Å²) in [6.07, 6.45) is -2.74. The van der Waals surface area contributed by atoms with E-state index in [-0.39, 0.29) is 17.9 Å². The minimum absolute atomic E-state index is 0.0211. The predicted octanol–water partition coefficient (Wildman–Crippen LogP) is 3.01. The summed E-state index contributed by atoms with van der Waals surface area (Å²) in [5.74, 6) is 0.162. The van der Waals surface area contributed by atoms with Gasteiger partial charge < -0.3 is 5.73 Å². The van der Waals surface area contributed by atoms with Crippen LogP contribution in [0.3, 0.4) is 0 Å². The van der Waals surface area contributed by atoms with E-state index in [1.807, 2.05) is 0 Å². The summed E-state index contributed by atoms with van der Waals surface area (Å²) in [4.78, 5) is 0. The molecule has 2 N–H and O–H groups in total. The molecule has 1 fully saturated rings. The molecule has 2 aliphatic rings. The van der Waals surface area contributed by atoms with Gasteiger partial charge in [0.05, 0.1) is 5.56 Å². The Morgan fingerprint density at radius 2 is 1.94 bits per heavy atom. The molecule has 1 nitrogen and oxygen atoms in total. The zero-order valence-electron chi connectivity index (χ0n) is 8.59. The van der Waals surface area contributed by atoms with Crippen molar-refractivity contribution >= 4 is 0 Å². The Morgan fingerprint density at radius 3 is 2.62 bits per heavy atom. The molecule has 0 radical (unpaired) electrons. The van der Waals surface area contributed by atoms with Gasteiger partial charge in [-0.25, -0.2) is 0 Å². The fraction of sp³-hybridized carbons (Fsp3) is 0.500. The van der Waals surface area contributed by atoms with Gasteiger partial charge in [-0.2, -0.15) is 13.2 Å². The van der Waals surface area contributed by atoms with E-state index in [0.29, 0.717) is 12.0 Å². The van der Waals surface area contributed by atoms with Crippen LogP contribution >= 0.6 is 0 Å². The molecule has 0 spiro atoms. The molecule has 0 saturated heterocycles. The lowest BCUT2D eigenvalue weighted by Gasteiger charge is -2.24. The van der Waals surface area contributed by atoms with Gasteiger partial charge in [-0.05, 0) is 41.9 Å². The second-order valence-electron chi connectivity index (χ2n) is 4.74. The van der Waals surface area contributed by atoms with Gasteiger partial charge in [0.1, 0.15) is 0 Å². The SMILES string of the molecule is N[C@@H]1C[C@@H]2C[C@H]1c1cccc(C(F)(F)F)c12. The van der Waals surface area contributed by atoms with Crippen LogP contribution in [-0.2, 0) is 6.18 Å². The fourth-order valence-corrected chi connectivity index (χ4v) is 3.27. The predicted molar refractivity (Wildman–Crippen MR) is 54.1 cm³/mol. The first-order valence-electron chi connectivity index (χ1n) is 5.44. The Balaban J connectivity index is 2.17. The third-order valence-corrected chi connectivity index (χ3v) is 3.86. The monoisotopic (exact) mass is 227 g/mol. The Morgan fingerprint density at radius 1 is 1.19 bits per heavy atom. The van der Waals surface area contributed by atoms with Crippen LogP contribution in [-0.4, -0.2) is 6.04 Å². The number of fused-ring (bicyclic) bond motifs is 5. The number of halogens is 3. The first kappa shape index (κ1) is 10.1. The van der Waals surface area contributed by atoms with Crippen LogP contribution in [0.25, 0.3) is 0 Å². The van der Waals surface area contributed by atoms with E-state index in [9.17, 15) is 13.2 Å². The Kier molecular flexibility index (Phi) is 1.90. The van der Waals surface area contributed by atoms with Crippen LogP contribution in [0.2, 0.25) is 0 Å². The summed E-state index contributed by atoms with van der Waals surface area (Å²) >= 11 is 0. The average Bonchev–Trinajstić information content (AvgIpc) is 2.73. The summed E-state index contributed by atoms with van der Waals surface area (Å²) in [6, 6.07) is 4.52. The van der Waals surface area contributed by atoms with Gasteiger partial charge in [0, 0.05) is 6.04 Å². The second kappa shape index (κ2) is 3.00. The van der Waals surface area contributed by atoms with E-state index in [1.54, 1.807) is 6.07 Å². The minimum atomic E-state index is -4.24. The molecule has 0 amide bonds. The largest absolute Gasteiger partial charge is 0.416 e. The highest BCUT2D eigenvalue weighted by Gasteiger charge is 2.47. The van der Waals surface area contributed by atoms with Gasteiger partial charge in [0.25, 0.3) is 0 Å². The summed E-state index contributed by atoms with van der Waals surface area (Å²) in [5.41, 5.74) is 6.81. The van der Waals surface area contributed by atoms with E-state index < -0.39 is 11.7 Å². The van der Waals surface area contributed by atoms with Crippen LogP contribution in [0, 0.1) is 0 Å². The molecule has 0 unspecified atom stereocenters. The first-order valence-corrected chi connectivity index (χ1v) is 5.44. The van der Waals surface area contributed by atoms with Crippen molar-refractivity contribution in [3.8, 4) is 0 Å². The van der Waals surface area contributed by atoms with Crippen LogP contribution in [0.4, 0.5) is 13.2 Å². The number of hydrogen-bond donors (Lipinski definition) is 1. The number of alkyl halides is 3. The molecule has 0 aliphatic heterocycles. The normalized spacial score (nSPS) is 31.9. The summed E-state index contributed by atoms with van der Waals surface area (Å²) < 4.78 is 38.5. The Labute approximate surface area is 91.4 Å². The lowest BCUT2D eigenvalue weighted by molar-refractivity contribution is -0.138. The highest BCUT2D eigenvalue weighted by molar-refractivity contribution is 5.48. The highest BCUT2D eigenvalue weighted by atomic mass is 19.4. The zero-order valence-corrected chi connectivity index (χ0v) is 8.59. The quantitative estimate of drug-likeness (QED) is 0.724. The molecule has 16 heavy (non-hydrogen) atoms. The van der Waals surface area contributed by atoms with Crippen molar-refractivity contribution in [3.05, 3.63) is 34.9 Å². The van der Waals surface area contributed by atoms with Gasteiger partial charge in [-0.1, -0.05) is 12.1 Å². The smallest absolute Gasteiger partial charge is 0.327 e. The first-order chi connectivity index (χ1) is 7.48. The van der Waals surface area contributed by atoms with Gasteiger partial charge in [-0.3, -0.25) is 0 Å². The van der Waals surface area contributed by atoms with Crippen molar-refractivity contribution in [2.75, 3.05) is 0 Å². The maximum absolute atomic E-state index is 12.8. The van der Waals surface area contributed by atoms with Crippen molar-refractivity contribution in [2.45, 2.75) is 36.9 Å². The molecule has 2 bridgehead atoms. The molecule has 0 heterocycles. The number of rotatable bonds is 0. The highest BCUT2D eigenvalue weighted by Crippen LogP contribution is 2.55. The third-order valence-electron chi connectivity index (χ3n) is 3.86. The van der Waals surface area contributed by atoms with E-state index >= 15 is 0 Å². The molecular formula is C12H12F3N. The average molecular weight is 227 g/mol. The summed E-state index contributed by atoms with van der Waals surface area (Å²) in [7, 11) is 0. The van der Waals surface area contributed by atoms with Gasteiger partial charge in [0.15, 0.2) is 0 Å². The van der Waals surface area contributed by atoms with Gasteiger partial charge in [0.2, 0.25) is 0 Å². The number of hydrogen-bond acceptors (Lipinski definition) is 1. The molecule has 86 valence electrons. The minimum Gasteiger partial charge on any atom is -0.327 e. The van der Waals surface area contributed by atoms with Crippen LogP contribution < -0.4 is 5.73 Å². The molecule has 3 atom stereocenters. The van der Waals surface area contributed by atoms with E-state index in [2.05, 4.69) is 0 Å². The second-order valence-corrected chi connectivity index (χ2v) is 4.74. The van der Waals surface area contributed by atoms with Crippen LogP contribution in [0.1, 0.15) is 41.4 Å². The summed E-state index contributed by atoms with van der Waals surface area (Å²) in [5, 5.41) is 0. The van der Waals surface area contributed by atoms with Crippen molar-refractivity contribution in [1.82, 2.24) is 0 Å². The molecule has 1 aromatic rings. The van der Waals surface area contributed by atoms with Gasteiger partial charge >= 0.3 is 6.18 Å². The van der Waals surface area contributed by atoms with Crippen molar-refractivity contribution in [1.29, 1.82) is 0 Å². The maximum Gasteiger partial charge on any atom is 0.416 e. The van der Waals surface area contributed by atoms with Crippen LogP contribution in [0.15, 0.2) is 18.2 Å². The van der Waals surface area contributed by atoms with Gasteiger partial charge in [-0.15, -0.1) is 0 Å². The topological polar surface area (TPSA) is 26.0 Å². The Bertz CT molecular complexity index is 438. The molecule has 1 aromatic carbocycles. The van der Waals surface area contributed by atoms with E-state index in [0.717, 1.165) is 12.0 Å². The van der Waals surface area contributed by atoms with Crippen molar-refractivity contribution < 1.29 is 13.2 Å². The number of nitrogens with two attached hydrogens (primary N) is 1. The molecule has 3 rings (SSSR count). The lowest BCUT2D eigenvalue weighted by atomic mass is 9.86. The van der Waals surface area contributed by atoms with Crippen molar-refractivity contribution in [2.24, 2.45) is 5.73 Å².